The van der Waals surface area contributed by atoms with E-state index < -0.39 is 0 Å². The topological polar surface area (TPSA) is 43.7 Å². The summed E-state index contributed by atoms with van der Waals surface area (Å²) in [4.78, 5) is 2.26. The van der Waals surface area contributed by atoms with Crippen LogP contribution in [0, 0.1) is 5.82 Å². The number of hydrogen-bond donors (Lipinski definition) is 2. The maximum Gasteiger partial charge on any atom is 0.157 e. The Labute approximate surface area is 128 Å². The Bertz CT molecular complexity index is 759. The summed E-state index contributed by atoms with van der Waals surface area (Å²) in [6.07, 6.45) is 1.88. The lowest BCUT2D eigenvalue weighted by molar-refractivity contribution is 0.178. The molecule has 114 valence electrons. The van der Waals surface area contributed by atoms with Gasteiger partial charge in [-0.1, -0.05) is 6.07 Å². The maximum atomic E-state index is 13.6. The molecule has 0 radical (unpaired) electrons. The number of nitrogens with zero attached hydrogens (tertiary/aromatic N) is 1. The minimum Gasteiger partial charge on any atom is -0.504 e. The van der Waals surface area contributed by atoms with Gasteiger partial charge in [-0.15, -0.1) is 0 Å². The molecular weight excluding hydrogens is 281 g/mol. The van der Waals surface area contributed by atoms with Crippen LogP contribution in [0.15, 0.2) is 30.3 Å². The average Bonchev–Trinajstić information content (AvgIpc) is 2.48. The van der Waals surface area contributed by atoms with Gasteiger partial charge >= 0.3 is 0 Å². The van der Waals surface area contributed by atoms with Gasteiger partial charge in [0.2, 0.25) is 0 Å². The van der Waals surface area contributed by atoms with Crippen LogP contribution in [0.4, 0.5) is 4.39 Å². The van der Waals surface area contributed by atoms with E-state index in [0.717, 1.165) is 41.6 Å². The average molecular weight is 299 g/mol. The first-order chi connectivity index (χ1) is 10.5. The van der Waals surface area contributed by atoms with E-state index in [1.807, 2.05) is 6.07 Å². The quantitative estimate of drug-likeness (QED) is 0.735. The summed E-state index contributed by atoms with van der Waals surface area (Å²) in [5.41, 5.74) is 4.26. The van der Waals surface area contributed by atoms with E-state index in [1.165, 1.54) is 6.07 Å². The molecule has 1 aliphatic carbocycles. The first-order valence-electron chi connectivity index (χ1n) is 7.58. The highest BCUT2D eigenvalue weighted by Gasteiger charge is 2.38. The van der Waals surface area contributed by atoms with Crippen LogP contribution in [-0.4, -0.2) is 28.2 Å². The van der Waals surface area contributed by atoms with E-state index >= 15 is 0 Å². The van der Waals surface area contributed by atoms with Gasteiger partial charge in [-0.25, -0.2) is 4.39 Å². The van der Waals surface area contributed by atoms with Gasteiger partial charge in [0.1, 0.15) is 5.82 Å². The maximum absolute atomic E-state index is 13.6. The van der Waals surface area contributed by atoms with Crippen LogP contribution in [0.3, 0.4) is 0 Å². The first-order valence-corrected chi connectivity index (χ1v) is 7.58. The zero-order valence-electron chi connectivity index (χ0n) is 12.4. The summed E-state index contributed by atoms with van der Waals surface area (Å²) in [6, 6.07) is 8.67. The van der Waals surface area contributed by atoms with Crippen molar-refractivity contribution < 1.29 is 14.6 Å². The van der Waals surface area contributed by atoms with Crippen LogP contribution in [-0.2, 0) is 13.0 Å². The number of benzene rings is 2. The molecule has 0 amide bonds. The fourth-order valence-corrected chi connectivity index (χ4v) is 4.07. The summed E-state index contributed by atoms with van der Waals surface area (Å²) in [5, 5.41) is 19.6. The predicted molar refractivity (Wildman–Crippen MR) is 81.6 cm³/mol. The highest BCUT2D eigenvalue weighted by atomic mass is 19.1. The fourth-order valence-electron chi connectivity index (χ4n) is 4.07. The summed E-state index contributed by atoms with van der Waals surface area (Å²) >= 11 is 0. The van der Waals surface area contributed by atoms with Crippen molar-refractivity contribution in [2.45, 2.75) is 31.3 Å². The van der Waals surface area contributed by atoms with E-state index in [9.17, 15) is 14.6 Å². The SMILES string of the molecule is CN1Cc2cc(F)ccc2[C@@H]2c3cc(O)c(O)cc3CC[C@H]21. The molecule has 3 nitrogen and oxygen atoms in total. The van der Waals surface area contributed by atoms with Crippen molar-refractivity contribution in [3.05, 3.63) is 58.4 Å². The molecule has 1 aliphatic heterocycles. The largest absolute Gasteiger partial charge is 0.504 e. The van der Waals surface area contributed by atoms with Crippen molar-refractivity contribution in [1.29, 1.82) is 0 Å². The molecule has 2 aromatic rings. The molecule has 0 bridgehead atoms. The van der Waals surface area contributed by atoms with Crippen LogP contribution in [0.25, 0.3) is 0 Å². The van der Waals surface area contributed by atoms with E-state index in [4.69, 9.17) is 0 Å². The van der Waals surface area contributed by atoms with E-state index in [-0.39, 0.29) is 23.2 Å². The molecule has 2 N–H and O–H groups in total. The molecule has 0 aromatic heterocycles. The second-order valence-electron chi connectivity index (χ2n) is 6.38. The number of halogens is 1. The van der Waals surface area contributed by atoms with Gasteiger partial charge in [0, 0.05) is 18.5 Å². The second-order valence-corrected chi connectivity index (χ2v) is 6.38. The molecule has 0 spiro atoms. The van der Waals surface area contributed by atoms with Crippen molar-refractivity contribution in [3.63, 3.8) is 0 Å². The van der Waals surface area contributed by atoms with Crippen LogP contribution < -0.4 is 0 Å². The van der Waals surface area contributed by atoms with Gasteiger partial charge < -0.3 is 10.2 Å². The van der Waals surface area contributed by atoms with Crippen LogP contribution in [0.2, 0.25) is 0 Å². The number of fused-ring (bicyclic) bond motifs is 5. The van der Waals surface area contributed by atoms with E-state index in [1.54, 1.807) is 18.2 Å². The third-order valence-corrected chi connectivity index (χ3v) is 5.09. The van der Waals surface area contributed by atoms with Crippen LogP contribution in [0.5, 0.6) is 11.5 Å². The van der Waals surface area contributed by atoms with Crippen LogP contribution in [0.1, 0.15) is 34.6 Å². The molecule has 0 fully saturated rings. The van der Waals surface area contributed by atoms with Crippen molar-refractivity contribution in [1.82, 2.24) is 4.90 Å². The summed E-state index contributed by atoms with van der Waals surface area (Å²) < 4.78 is 13.6. The summed E-state index contributed by atoms with van der Waals surface area (Å²) in [5.74, 6) is -0.253. The van der Waals surface area contributed by atoms with Crippen molar-refractivity contribution >= 4 is 0 Å². The third kappa shape index (κ3) is 1.91. The fraction of sp³-hybridized carbons (Fsp3) is 0.333. The summed E-state index contributed by atoms with van der Waals surface area (Å²) in [7, 11) is 2.07. The molecule has 1 heterocycles. The smallest absolute Gasteiger partial charge is 0.157 e. The summed E-state index contributed by atoms with van der Waals surface area (Å²) in [6.45, 7) is 0.744. The third-order valence-electron chi connectivity index (χ3n) is 5.09. The zero-order chi connectivity index (χ0) is 15.4. The highest BCUT2D eigenvalue weighted by molar-refractivity contribution is 5.53. The minimum atomic E-state index is -0.213. The van der Waals surface area contributed by atoms with Gasteiger partial charge in [-0.3, -0.25) is 4.90 Å². The minimum absolute atomic E-state index is 0.0688. The molecule has 0 unspecified atom stereocenters. The number of hydrogen-bond acceptors (Lipinski definition) is 3. The lowest BCUT2D eigenvalue weighted by Gasteiger charge is -2.44. The number of likely N-dealkylation sites (N-methyl/N-ethyl adjacent to an activating group) is 1. The van der Waals surface area contributed by atoms with E-state index in [2.05, 4.69) is 11.9 Å². The molecular formula is C18H18FNO2. The Morgan fingerprint density at radius 1 is 1.05 bits per heavy atom. The lowest BCUT2D eigenvalue weighted by Crippen LogP contribution is -2.43. The number of aryl methyl sites for hydroxylation is 1. The molecule has 0 saturated carbocycles. The number of rotatable bonds is 0. The molecule has 22 heavy (non-hydrogen) atoms. The monoisotopic (exact) mass is 299 g/mol. The van der Waals surface area contributed by atoms with Crippen molar-refractivity contribution in [3.8, 4) is 11.5 Å². The molecule has 2 aliphatic rings. The van der Waals surface area contributed by atoms with Crippen molar-refractivity contribution in [2.24, 2.45) is 0 Å². The van der Waals surface area contributed by atoms with Gasteiger partial charge in [-0.2, -0.15) is 0 Å². The van der Waals surface area contributed by atoms with Gasteiger partial charge in [0.15, 0.2) is 11.5 Å². The Morgan fingerprint density at radius 3 is 2.64 bits per heavy atom. The lowest BCUT2D eigenvalue weighted by atomic mass is 9.71. The Kier molecular flexibility index (Phi) is 2.91. The number of phenolic OH excluding ortho intramolecular Hbond substituents is 2. The second kappa shape index (κ2) is 4.71. The van der Waals surface area contributed by atoms with Gasteiger partial charge in [-0.05, 0) is 66.4 Å². The van der Waals surface area contributed by atoms with E-state index in [0.29, 0.717) is 6.04 Å². The standard InChI is InChI=1S/C18H18FNO2/c1-20-9-11-6-12(19)3-4-13(11)18-14-8-17(22)16(21)7-10(14)2-5-15(18)20/h3-4,6-8,15,18,21-22H,2,5,9H2,1H3/t15-,18-/m1/s1. The molecule has 4 heteroatoms. The molecule has 2 aromatic carbocycles. The van der Waals surface area contributed by atoms with Gasteiger partial charge in [0.05, 0.1) is 0 Å². The Morgan fingerprint density at radius 2 is 1.82 bits per heavy atom. The van der Waals surface area contributed by atoms with Crippen LogP contribution >= 0.6 is 0 Å². The first kappa shape index (κ1) is 13.6. The number of phenols is 2. The normalized spacial score (nSPS) is 23.5. The van der Waals surface area contributed by atoms with Crippen molar-refractivity contribution in [2.75, 3.05) is 7.05 Å². The molecule has 2 atom stereocenters. The highest BCUT2D eigenvalue weighted by Crippen LogP contribution is 2.46. The van der Waals surface area contributed by atoms with Gasteiger partial charge in [0.25, 0.3) is 0 Å². The Hall–Kier alpha value is -2.07. The molecule has 0 saturated heterocycles. The predicted octanol–water partition coefficient (Wildman–Crippen LogP) is 3.13. The number of aromatic hydroxyl groups is 2. The zero-order valence-corrected chi connectivity index (χ0v) is 12.4. The Balaban J connectivity index is 1.93. The molecule has 4 rings (SSSR count).